The van der Waals surface area contributed by atoms with Crippen LogP contribution in [0.5, 0.6) is 0 Å². The molecule has 2 aromatic rings. The van der Waals surface area contributed by atoms with E-state index in [-0.39, 0.29) is 0 Å². The number of hydrogen-bond donors (Lipinski definition) is 0. The summed E-state index contributed by atoms with van der Waals surface area (Å²) < 4.78 is 1.10. The number of hydrogen-bond acceptors (Lipinski definition) is 4. The van der Waals surface area contributed by atoms with Gasteiger partial charge in [-0.1, -0.05) is 22.0 Å². The third kappa shape index (κ3) is 2.92. The maximum Gasteiger partial charge on any atom is 0.142 e. The Balaban J connectivity index is 1.98. The van der Waals surface area contributed by atoms with E-state index in [1.807, 2.05) is 23.9 Å². The highest BCUT2D eigenvalue weighted by Crippen LogP contribution is 2.41. The topological polar surface area (TPSA) is 39.9 Å². The molecular weight excluding hydrogens is 346 g/mol. The van der Waals surface area contributed by atoms with Crippen molar-refractivity contribution < 1.29 is 0 Å². The highest BCUT2D eigenvalue weighted by atomic mass is 79.9. The lowest BCUT2D eigenvalue weighted by atomic mass is 10.0. The van der Waals surface area contributed by atoms with Gasteiger partial charge in [0.1, 0.15) is 17.6 Å². The third-order valence-corrected chi connectivity index (χ3v) is 5.27. The molecule has 0 fully saturated rings. The first kappa shape index (κ1) is 14.4. The van der Waals surface area contributed by atoms with Gasteiger partial charge in [-0.3, -0.25) is 0 Å². The number of fused-ring (bicyclic) bond motifs is 1. The van der Waals surface area contributed by atoms with Gasteiger partial charge in [0.15, 0.2) is 0 Å². The molecule has 2 heterocycles. The number of nitriles is 1. The fraction of sp³-hybridized carbons (Fsp3) is 0.250. The number of anilines is 1. The van der Waals surface area contributed by atoms with Crippen LogP contribution in [0.15, 0.2) is 45.8 Å². The second kappa shape index (κ2) is 6.08. The summed E-state index contributed by atoms with van der Waals surface area (Å²) in [5, 5.41) is 9.01. The monoisotopic (exact) mass is 359 g/mol. The van der Waals surface area contributed by atoms with E-state index in [0.29, 0.717) is 11.7 Å². The minimum atomic E-state index is 0.292. The molecule has 3 rings (SSSR count). The van der Waals surface area contributed by atoms with Gasteiger partial charge in [-0.2, -0.15) is 5.26 Å². The molecule has 0 N–H and O–H groups in total. The zero-order chi connectivity index (χ0) is 14.8. The standard InChI is InChI=1S/C16H14BrN3S/c1-20(16-4-2-3-12(10-18)19-16)14-7-8-21-15-6-5-11(17)9-13(14)15/h2-6,9,14H,7-8H2,1H3. The lowest BCUT2D eigenvalue weighted by molar-refractivity contribution is 0.627. The number of rotatable bonds is 2. The summed E-state index contributed by atoms with van der Waals surface area (Å²) in [5.74, 6) is 1.94. The largest absolute Gasteiger partial charge is 0.353 e. The van der Waals surface area contributed by atoms with Gasteiger partial charge in [0.2, 0.25) is 0 Å². The number of thioether (sulfide) groups is 1. The Labute approximate surface area is 137 Å². The molecule has 0 aliphatic carbocycles. The van der Waals surface area contributed by atoms with Crippen molar-refractivity contribution in [2.45, 2.75) is 17.4 Å². The van der Waals surface area contributed by atoms with E-state index in [1.165, 1.54) is 10.5 Å². The average Bonchev–Trinajstić information content (AvgIpc) is 2.53. The molecule has 0 amide bonds. The van der Waals surface area contributed by atoms with Crippen LogP contribution >= 0.6 is 27.7 Å². The van der Waals surface area contributed by atoms with Crippen LogP contribution in [0.2, 0.25) is 0 Å². The van der Waals surface area contributed by atoms with E-state index in [1.54, 1.807) is 6.07 Å². The number of halogens is 1. The summed E-state index contributed by atoms with van der Waals surface area (Å²) in [6.07, 6.45) is 1.07. The molecule has 3 nitrogen and oxygen atoms in total. The van der Waals surface area contributed by atoms with Gasteiger partial charge in [0.25, 0.3) is 0 Å². The maximum absolute atomic E-state index is 9.01. The lowest BCUT2D eigenvalue weighted by Gasteiger charge is -2.33. The van der Waals surface area contributed by atoms with Crippen LogP contribution < -0.4 is 4.90 Å². The van der Waals surface area contributed by atoms with Crippen molar-refractivity contribution in [2.75, 3.05) is 17.7 Å². The molecule has 0 spiro atoms. The SMILES string of the molecule is CN(c1cccc(C#N)n1)C1CCSc2ccc(Br)cc21. The van der Waals surface area contributed by atoms with Crippen LogP contribution in [0.4, 0.5) is 5.82 Å². The van der Waals surface area contributed by atoms with Gasteiger partial charge in [0, 0.05) is 22.2 Å². The molecule has 1 aromatic carbocycles. The molecule has 0 radical (unpaired) electrons. The molecule has 0 bridgehead atoms. The van der Waals surface area contributed by atoms with Crippen molar-refractivity contribution in [1.29, 1.82) is 5.26 Å². The van der Waals surface area contributed by atoms with E-state index in [9.17, 15) is 0 Å². The van der Waals surface area contributed by atoms with Crippen molar-refractivity contribution in [3.63, 3.8) is 0 Å². The van der Waals surface area contributed by atoms with E-state index in [2.05, 4.69) is 57.1 Å². The molecule has 21 heavy (non-hydrogen) atoms. The van der Waals surface area contributed by atoms with E-state index in [4.69, 9.17) is 5.26 Å². The van der Waals surface area contributed by atoms with Crippen LogP contribution in [0.3, 0.4) is 0 Å². The highest BCUT2D eigenvalue weighted by molar-refractivity contribution is 9.10. The molecule has 1 atom stereocenters. The Bertz CT molecular complexity index is 711. The molecule has 5 heteroatoms. The normalized spacial score (nSPS) is 16.9. The second-order valence-corrected chi connectivity index (χ2v) is 6.99. The minimum Gasteiger partial charge on any atom is -0.353 e. The van der Waals surface area contributed by atoms with E-state index in [0.717, 1.165) is 22.5 Å². The quantitative estimate of drug-likeness (QED) is 0.796. The molecular formula is C16H14BrN3S. The van der Waals surface area contributed by atoms with Gasteiger partial charge in [-0.15, -0.1) is 11.8 Å². The van der Waals surface area contributed by atoms with Crippen molar-refractivity contribution in [2.24, 2.45) is 0 Å². The molecule has 0 saturated heterocycles. The minimum absolute atomic E-state index is 0.292. The second-order valence-electron chi connectivity index (χ2n) is 4.94. The zero-order valence-corrected chi connectivity index (χ0v) is 14.0. The molecule has 106 valence electrons. The van der Waals surface area contributed by atoms with Gasteiger partial charge in [0.05, 0.1) is 6.04 Å². The molecule has 0 saturated carbocycles. The summed E-state index contributed by atoms with van der Waals surface area (Å²) >= 11 is 5.46. The molecule has 1 aliphatic rings. The van der Waals surface area contributed by atoms with Crippen molar-refractivity contribution in [3.8, 4) is 6.07 Å². The van der Waals surface area contributed by atoms with Gasteiger partial charge in [-0.05, 0) is 42.3 Å². The fourth-order valence-corrected chi connectivity index (χ4v) is 4.06. The van der Waals surface area contributed by atoms with E-state index < -0.39 is 0 Å². The number of benzene rings is 1. The van der Waals surface area contributed by atoms with Gasteiger partial charge in [-0.25, -0.2) is 4.98 Å². The first-order valence-corrected chi connectivity index (χ1v) is 8.49. The Hall–Kier alpha value is -1.51. The van der Waals surface area contributed by atoms with Crippen LogP contribution in [-0.4, -0.2) is 17.8 Å². The third-order valence-electron chi connectivity index (χ3n) is 3.66. The summed E-state index contributed by atoms with van der Waals surface area (Å²) in [7, 11) is 2.05. The summed E-state index contributed by atoms with van der Waals surface area (Å²) in [6.45, 7) is 0. The lowest BCUT2D eigenvalue weighted by Crippen LogP contribution is -2.28. The van der Waals surface area contributed by atoms with Crippen LogP contribution in [0.1, 0.15) is 23.7 Å². The summed E-state index contributed by atoms with van der Waals surface area (Å²) in [4.78, 5) is 7.91. The van der Waals surface area contributed by atoms with Crippen LogP contribution in [0, 0.1) is 11.3 Å². The Morgan fingerprint density at radius 1 is 1.38 bits per heavy atom. The maximum atomic E-state index is 9.01. The highest BCUT2D eigenvalue weighted by Gasteiger charge is 2.25. The molecule has 1 aromatic heterocycles. The number of aromatic nitrogens is 1. The van der Waals surface area contributed by atoms with Crippen molar-refractivity contribution in [3.05, 3.63) is 52.1 Å². The zero-order valence-electron chi connectivity index (χ0n) is 11.6. The fourth-order valence-electron chi connectivity index (χ4n) is 2.59. The Morgan fingerprint density at radius 2 is 2.24 bits per heavy atom. The first-order chi connectivity index (χ1) is 10.2. The first-order valence-electron chi connectivity index (χ1n) is 6.71. The summed E-state index contributed by atoms with van der Waals surface area (Å²) in [5.41, 5.74) is 1.78. The Morgan fingerprint density at radius 3 is 3.05 bits per heavy atom. The van der Waals surface area contributed by atoms with Crippen molar-refractivity contribution in [1.82, 2.24) is 4.98 Å². The van der Waals surface area contributed by atoms with Crippen molar-refractivity contribution >= 4 is 33.5 Å². The Kier molecular flexibility index (Phi) is 4.18. The summed E-state index contributed by atoms with van der Waals surface area (Å²) in [6, 6.07) is 14.4. The molecule has 1 aliphatic heterocycles. The predicted octanol–water partition coefficient (Wildman–Crippen LogP) is 4.39. The van der Waals surface area contributed by atoms with Gasteiger partial charge >= 0.3 is 0 Å². The molecule has 1 unspecified atom stereocenters. The van der Waals surface area contributed by atoms with Crippen LogP contribution in [-0.2, 0) is 0 Å². The van der Waals surface area contributed by atoms with E-state index >= 15 is 0 Å². The average molecular weight is 360 g/mol. The number of nitrogens with zero attached hydrogens (tertiary/aromatic N) is 3. The van der Waals surface area contributed by atoms with Crippen LogP contribution in [0.25, 0.3) is 0 Å². The number of pyridine rings is 1. The smallest absolute Gasteiger partial charge is 0.142 e. The predicted molar refractivity (Wildman–Crippen MR) is 89.6 cm³/mol. The van der Waals surface area contributed by atoms with Gasteiger partial charge < -0.3 is 4.90 Å².